The second kappa shape index (κ2) is 6.38. The molecule has 0 N–H and O–H groups in total. The minimum atomic E-state index is -0.153. The Morgan fingerprint density at radius 3 is 2.69 bits per heavy atom. The molecule has 0 saturated carbocycles. The fourth-order valence-electron chi connectivity index (χ4n) is 1.92. The van der Waals surface area contributed by atoms with Crippen LogP contribution in [0.15, 0.2) is 24.3 Å². The summed E-state index contributed by atoms with van der Waals surface area (Å²) in [5.41, 5.74) is 2.54. The van der Waals surface area contributed by atoms with Gasteiger partial charge >= 0.3 is 0 Å². The third-order valence-electron chi connectivity index (χ3n) is 2.72. The van der Waals surface area contributed by atoms with Gasteiger partial charge in [0.15, 0.2) is 6.29 Å². The standard InChI is InChI=1S/C13H17BrO2/c14-8-3-6-11-5-1-2-7-12(11)13-15-9-4-10-16-13/h1-2,5,7,13H,3-4,6,8-10H2. The highest BCUT2D eigenvalue weighted by Gasteiger charge is 2.18. The van der Waals surface area contributed by atoms with Gasteiger partial charge in [-0.25, -0.2) is 0 Å². The number of ether oxygens (including phenoxy) is 2. The van der Waals surface area contributed by atoms with Gasteiger partial charge in [-0.15, -0.1) is 0 Å². The molecule has 0 aliphatic carbocycles. The van der Waals surface area contributed by atoms with Crippen molar-refractivity contribution in [2.75, 3.05) is 18.5 Å². The zero-order valence-corrected chi connectivity index (χ0v) is 10.9. The molecule has 0 atom stereocenters. The Labute approximate surface area is 105 Å². The first-order chi connectivity index (χ1) is 7.92. The first-order valence-corrected chi connectivity index (χ1v) is 6.91. The van der Waals surface area contributed by atoms with Crippen LogP contribution in [0.5, 0.6) is 0 Å². The summed E-state index contributed by atoms with van der Waals surface area (Å²) < 4.78 is 11.3. The van der Waals surface area contributed by atoms with Crippen molar-refractivity contribution >= 4 is 15.9 Å². The van der Waals surface area contributed by atoms with E-state index in [1.54, 1.807) is 0 Å². The summed E-state index contributed by atoms with van der Waals surface area (Å²) in [5.74, 6) is 0. The Morgan fingerprint density at radius 1 is 1.19 bits per heavy atom. The Kier molecular flexibility index (Phi) is 4.82. The minimum Gasteiger partial charge on any atom is -0.348 e. The monoisotopic (exact) mass is 284 g/mol. The molecule has 16 heavy (non-hydrogen) atoms. The number of rotatable bonds is 4. The van der Waals surface area contributed by atoms with Crippen LogP contribution in [0.3, 0.4) is 0 Å². The van der Waals surface area contributed by atoms with E-state index in [9.17, 15) is 0 Å². The fraction of sp³-hybridized carbons (Fsp3) is 0.538. The van der Waals surface area contributed by atoms with Gasteiger partial charge in [-0.3, -0.25) is 0 Å². The van der Waals surface area contributed by atoms with Crippen molar-refractivity contribution in [3.63, 3.8) is 0 Å². The molecule has 1 aromatic rings. The Bertz CT molecular complexity index is 321. The molecule has 0 spiro atoms. The van der Waals surface area contributed by atoms with Crippen LogP contribution in [-0.4, -0.2) is 18.5 Å². The third-order valence-corrected chi connectivity index (χ3v) is 3.28. The number of benzene rings is 1. The van der Waals surface area contributed by atoms with Gasteiger partial charge in [-0.2, -0.15) is 0 Å². The zero-order chi connectivity index (χ0) is 11.2. The van der Waals surface area contributed by atoms with E-state index in [2.05, 4.69) is 34.1 Å². The van der Waals surface area contributed by atoms with Crippen molar-refractivity contribution in [1.82, 2.24) is 0 Å². The highest BCUT2D eigenvalue weighted by Crippen LogP contribution is 2.26. The lowest BCUT2D eigenvalue weighted by Crippen LogP contribution is -2.19. The second-order valence-corrected chi connectivity index (χ2v) is 4.71. The van der Waals surface area contributed by atoms with E-state index in [1.165, 1.54) is 11.1 Å². The average molecular weight is 285 g/mol. The Morgan fingerprint density at radius 2 is 1.94 bits per heavy atom. The molecule has 3 heteroatoms. The maximum Gasteiger partial charge on any atom is 0.184 e. The predicted octanol–water partition coefficient (Wildman–Crippen LogP) is 3.45. The van der Waals surface area contributed by atoms with Crippen LogP contribution in [0.25, 0.3) is 0 Å². The van der Waals surface area contributed by atoms with Crippen molar-refractivity contribution in [2.45, 2.75) is 25.6 Å². The molecule has 0 radical (unpaired) electrons. The van der Waals surface area contributed by atoms with Crippen molar-refractivity contribution in [3.8, 4) is 0 Å². The molecule has 88 valence electrons. The number of aryl methyl sites for hydroxylation is 1. The summed E-state index contributed by atoms with van der Waals surface area (Å²) in [6.07, 6.45) is 3.06. The van der Waals surface area contributed by atoms with Gasteiger partial charge in [0.2, 0.25) is 0 Å². The van der Waals surface area contributed by atoms with E-state index >= 15 is 0 Å². The smallest absolute Gasteiger partial charge is 0.184 e. The zero-order valence-electron chi connectivity index (χ0n) is 9.32. The maximum atomic E-state index is 5.65. The molecule has 1 heterocycles. The van der Waals surface area contributed by atoms with Crippen LogP contribution in [0.4, 0.5) is 0 Å². The Balaban J connectivity index is 2.11. The Hall–Kier alpha value is -0.380. The summed E-state index contributed by atoms with van der Waals surface area (Å²) in [4.78, 5) is 0. The number of alkyl halides is 1. The molecule has 0 unspecified atom stereocenters. The molecule has 1 aliphatic heterocycles. The predicted molar refractivity (Wildman–Crippen MR) is 67.8 cm³/mol. The summed E-state index contributed by atoms with van der Waals surface area (Å²) in [6.45, 7) is 1.61. The topological polar surface area (TPSA) is 18.5 Å². The molecule has 2 nitrogen and oxygen atoms in total. The third kappa shape index (κ3) is 3.06. The highest BCUT2D eigenvalue weighted by atomic mass is 79.9. The molecule has 0 bridgehead atoms. The van der Waals surface area contributed by atoms with Crippen LogP contribution in [0.1, 0.15) is 30.3 Å². The van der Waals surface area contributed by atoms with E-state index in [4.69, 9.17) is 9.47 Å². The number of hydrogen-bond acceptors (Lipinski definition) is 2. The van der Waals surface area contributed by atoms with Gasteiger partial charge in [0.05, 0.1) is 13.2 Å². The van der Waals surface area contributed by atoms with Gasteiger partial charge in [-0.05, 0) is 24.8 Å². The molecule has 1 aromatic carbocycles. The summed E-state index contributed by atoms with van der Waals surface area (Å²) >= 11 is 3.46. The minimum absolute atomic E-state index is 0.153. The highest BCUT2D eigenvalue weighted by molar-refractivity contribution is 9.09. The second-order valence-electron chi connectivity index (χ2n) is 3.92. The van der Waals surface area contributed by atoms with Crippen LogP contribution >= 0.6 is 15.9 Å². The van der Waals surface area contributed by atoms with Crippen LogP contribution in [0, 0.1) is 0 Å². The largest absolute Gasteiger partial charge is 0.348 e. The molecule has 1 fully saturated rings. The quantitative estimate of drug-likeness (QED) is 0.789. The summed E-state index contributed by atoms with van der Waals surface area (Å²) in [5, 5.41) is 1.04. The van der Waals surface area contributed by atoms with E-state index < -0.39 is 0 Å². The SMILES string of the molecule is BrCCCc1ccccc1C1OCCCO1. The van der Waals surface area contributed by atoms with Gasteiger partial charge in [0.1, 0.15) is 0 Å². The van der Waals surface area contributed by atoms with Crippen molar-refractivity contribution in [1.29, 1.82) is 0 Å². The normalized spacial score (nSPS) is 17.6. The first-order valence-electron chi connectivity index (χ1n) is 5.79. The molecule has 1 aliphatic rings. The van der Waals surface area contributed by atoms with E-state index in [0.717, 1.165) is 37.8 Å². The van der Waals surface area contributed by atoms with Gasteiger partial charge in [0.25, 0.3) is 0 Å². The van der Waals surface area contributed by atoms with E-state index in [1.807, 2.05) is 6.07 Å². The summed E-state index contributed by atoms with van der Waals surface area (Å²) in [6, 6.07) is 8.41. The van der Waals surface area contributed by atoms with E-state index in [-0.39, 0.29) is 6.29 Å². The van der Waals surface area contributed by atoms with Gasteiger partial charge in [-0.1, -0.05) is 40.2 Å². The van der Waals surface area contributed by atoms with Crippen molar-refractivity contribution in [2.24, 2.45) is 0 Å². The average Bonchev–Trinajstić information content (AvgIpc) is 2.38. The lowest BCUT2D eigenvalue weighted by molar-refractivity contribution is -0.183. The maximum absolute atomic E-state index is 5.65. The number of halogens is 1. The van der Waals surface area contributed by atoms with Crippen molar-refractivity contribution in [3.05, 3.63) is 35.4 Å². The van der Waals surface area contributed by atoms with Crippen LogP contribution in [-0.2, 0) is 15.9 Å². The van der Waals surface area contributed by atoms with Crippen LogP contribution in [0.2, 0.25) is 0 Å². The lowest BCUT2D eigenvalue weighted by Gasteiger charge is -2.25. The fourth-order valence-corrected chi connectivity index (χ4v) is 2.20. The molecule has 2 rings (SSSR count). The first kappa shape index (κ1) is 12.1. The number of hydrogen-bond donors (Lipinski definition) is 0. The van der Waals surface area contributed by atoms with Gasteiger partial charge in [0, 0.05) is 10.9 Å². The molecule has 1 saturated heterocycles. The molecular formula is C13H17BrO2. The van der Waals surface area contributed by atoms with Crippen molar-refractivity contribution < 1.29 is 9.47 Å². The summed E-state index contributed by atoms with van der Waals surface area (Å²) in [7, 11) is 0. The van der Waals surface area contributed by atoms with E-state index in [0.29, 0.717) is 0 Å². The molecular weight excluding hydrogens is 268 g/mol. The van der Waals surface area contributed by atoms with Crippen LogP contribution < -0.4 is 0 Å². The molecule has 0 aromatic heterocycles. The molecule has 0 amide bonds. The van der Waals surface area contributed by atoms with Gasteiger partial charge < -0.3 is 9.47 Å². The lowest BCUT2D eigenvalue weighted by atomic mass is 10.0.